The van der Waals surface area contributed by atoms with Gasteiger partial charge in [-0.3, -0.25) is 4.90 Å². The summed E-state index contributed by atoms with van der Waals surface area (Å²) in [6.07, 6.45) is 6.71. The third-order valence-electron chi connectivity index (χ3n) is 3.84. The van der Waals surface area contributed by atoms with Gasteiger partial charge in [0.15, 0.2) is 6.19 Å². The molecular formula is C11H19N3. The first-order valence-electron chi connectivity index (χ1n) is 5.55. The van der Waals surface area contributed by atoms with E-state index in [1.54, 1.807) is 0 Å². The minimum Gasteiger partial charge on any atom is -0.326 e. The largest absolute Gasteiger partial charge is 0.326 e. The standard InChI is InChI=1S/C11H19N3/c1-8(2)6-11-4-3-9(5-10(11)13)14(11)7-12/h8-10H,3-6,13H2,1-2H3. The highest BCUT2D eigenvalue weighted by Crippen LogP contribution is 2.48. The SMILES string of the molecule is CC(C)CC12CCC(CC1N)N2C#N. The summed E-state index contributed by atoms with van der Waals surface area (Å²) in [5, 5.41) is 9.16. The molecule has 3 heteroatoms. The summed E-state index contributed by atoms with van der Waals surface area (Å²) in [6, 6.07) is 0.650. The molecule has 2 fully saturated rings. The van der Waals surface area contributed by atoms with Crippen LogP contribution in [0.2, 0.25) is 0 Å². The molecule has 2 bridgehead atoms. The highest BCUT2D eigenvalue weighted by molar-refractivity contribution is 5.17. The van der Waals surface area contributed by atoms with Crippen molar-refractivity contribution in [3.8, 4) is 6.19 Å². The molecule has 2 N–H and O–H groups in total. The van der Waals surface area contributed by atoms with Crippen LogP contribution < -0.4 is 5.73 Å². The van der Waals surface area contributed by atoms with E-state index in [-0.39, 0.29) is 11.6 Å². The van der Waals surface area contributed by atoms with E-state index in [2.05, 4.69) is 20.0 Å². The van der Waals surface area contributed by atoms with Crippen LogP contribution in [0.25, 0.3) is 0 Å². The van der Waals surface area contributed by atoms with Gasteiger partial charge < -0.3 is 5.73 Å². The molecule has 2 aliphatic rings. The number of rotatable bonds is 2. The van der Waals surface area contributed by atoms with Crippen LogP contribution in [0, 0.1) is 17.4 Å². The van der Waals surface area contributed by atoms with E-state index in [0.717, 1.165) is 25.7 Å². The van der Waals surface area contributed by atoms with Crippen LogP contribution >= 0.6 is 0 Å². The summed E-state index contributed by atoms with van der Waals surface area (Å²) in [5.41, 5.74) is 6.18. The predicted octanol–water partition coefficient (Wildman–Crippen LogP) is 1.45. The van der Waals surface area contributed by atoms with Gasteiger partial charge in [0.25, 0.3) is 0 Å². The van der Waals surface area contributed by atoms with Crippen molar-refractivity contribution in [3.05, 3.63) is 0 Å². The first-order chi connectivity index (χ1) is 6.60. The van der Waals surface area contributed by atoms with Gasteiger partial charge >= 0.3 is 0 Å². The Kier molecular flexibility index (Phi) is 2.19. The topological polar surface area (TPSA) is 53.0 Å². The second-order valence-electron chi connectivity index (χ2n) is 5.21. The van der Waals surface area contributed by atoms with Gasteiger partial charge in [-0.05, 0) is 31.6 Å². The molecular weight excluding hydrogens is 174 g/mol. The molecule has 2 heterocycles. The molecule has 0 radical (unpaired) electrons. The van der Waals surface area contributed by atoms with Crippen molar-refractivity contribution in [1.29, 1.82) is 5.26 Å². The fourth-order valence-electron chi connectivity index (χ4n) is 3.37. The van der Waals surface area contributed by atoms with Crippen molar-refractivity contribution in [2.45, 2.75) is 57.2 Å². The van der Waals surface area contributed by atoms with Gasteiger partial charge in [-0.25, -0.2) is 0 Å². The molecule has 0 aromatic carbocycles. The van der Waals surface area contributed by atoms with Crippen LogP contribution in [-0.4, -0.2) is 22.5 Å². The molecule has 3 nitrogen and oxygen atoms in total. The van der Waals surface area contributed by atoms with Gasteiger partial charge in [0.1, 0.15) is 0 Å². The second-order valence-corrected chi connectivity index (χ2v) is 5.21. The lowest BCUT2D eigenvalue weighted by molar-refractivity contribution is 0.177. The molecule has 0 aromatic rings. The summed E-state index contributed by atoms with van der Waals surface area (Å²) >= 11 is 0. The first kappa shape index (κ1) is 9.79. The molecule has 0 spiro atoms. The molecule has 2 rings (SSSR count). The van der Waals surface area contributed by atoms with E-state index in [9.17, 15) is 0 Å². The van der Waals surface area contributed by atoms with Crippen molar-refractivity contribution in [2.24, 2.45) is 11.7 Å². The average molecular weight is 193 g/mol. The lowest BCUT2D eigenvalue weighted by Gasteiger charge is -2.36. The smallest absolute Gasteiger partial charge is 0.180 e. The van der Waals surface area contributed by atoms with Crippen molar-refractivity contribution < 1.29 is 0 Å². The normalized spacial score (nSPS) is 40.6. The van der Waals surface area contributed by atoms with Crippen molar-refractivity contribution in [2.75, 3.05) is 0 Å². The van der Waals surface area contributed by atoms with E-state index >= 15 is 0 Å². The summed E-state index contributed by atoms with van der Waals surface area (Å²) in [6.45, 7) is 4.42. The second kappa shape index (κ2) is 3.13. The van der Waals surface area contributed by atoms with Crippen molar-refractivity contribution >= 4 is 0 Å². The Morgan fingerprint density at radius 2 is 2.36 bits per heavy atom. The predicted molar refractivity (Wildman–Crippen MR) is 55.3 cm³/mol. The lowest BCUT2D eigenvalue weighted by atomic mass is 9.78. The monoisotopic (exact) mass is 193 g/mol. The van der Waals surface area contributed by atoms with E-state index in [0.29, 0.717) is 12.0 Å². The van der Waals surface area contributed by atoms with Gasteiger partial charge in [0.2, 0.25) is 0 Å². The van der Waals surface area contributed by atoms with Gasteiger partial charge in [0, 0.05) is 12.1 Å². The summed E-state index contributed by atoms with van der Waals surface area (Å²) in [4.78, 5) is 2.00. The van der Waals surface area contributed by atoms with Crippen LogP contribution in [0.4, 0.5) is 0 Å². The van der Waals surface area contributed by atoms with E-state index in [1.165, 1.54) is 0 Å². The number of nitrogens with zero attached hydrogens (tertiary/aromatic N) is 2. The zero-order chi connectivity index (χ0) is 10.3. The fraction of sp³-hybridized carbons (Fsp3) is 0.909. The molecule has 3 unspecified atom stereocenters. The Morgan fingerprint density at radius 3 is 2.86 bits per heavy atom. The first-order valence-corrected chi connectivity index (χ1v) is 5.55. The third-order valence-corrected chi connectivity index (χ3v) is 3.84. The minimum atomic E-state index is 0.00752. The number of nitriles is 1. The fourth-order valence-corrected chi connectivity index (χ4v) is 3.37. The molecule has 78 valence electrons. The molecule has 2 aliphatic heterocycles. The van der Waals surface area contributed by atoms with E-state index < -0.39 is 0 Å². The van der Waals surface area contributed by atoms with Crippen molar-refractivity contribution in [1.82, 2.24) is 4.90 Å². The minimum absolute atomic E-state index is 0.00752. The Balaban J connectivity index is 2.25. The number of hydrogen-bond acceptors (Lipinski definition) is 3. The molecule has 0 saturated carbocycles. The lowest BCUT2D eigenvalue weighted by Crippen LogP contribution is -2.50. The van der Waals surface area contributed by atoms with Gasteiger partial charge in [-0.2, -0.15) is 5.26 Å². The average Bonchev–Trinajstić information content (AvgIpc) is 2.54. The maximum atomic E-state index is 9.16. The number of hydrogen-bond donors (Lipinski definition) is 1. The molecule has 0 aliphatic carbocycles. The van der Waals surface area contributed by atoms with E-state index in [1.807, 2.05) is 4.90 Å². The Bertz CT molecular complexity index is 268. The zero-order valence-electron chi connectivity index (χ0n) is 9.03. The quantitative estimate of drug-likeness (QED) is 0.675. The molecule has 0 amide bonds. The Hall–Kier alpha value is -0.750. The molecule has 14 heavy (non-hydrogen) atoms. The Morgan fingerprint density at radius 1 is 1.64 bits per heavy atom. The molecule has 0 aromatic heterocycles. The summed E-state index contributed by atoms with van der Waals surface area (Å²) < 4.78 is 0. The highest BCUT2D eigenvalue weighted by atomic mass is 15.3. The van der Waals surface area contributed by atoms with Crippen molar-refractivity contribution in [3.63, 3.8) is 0 Å². The molecule has 3 atom stereocenters. The van der Waals surface area contributed by atoms with Gasteiger partial charge in [-0.15, -0.1) is 0 Å². The maximum absolute atomic E-state index is 9.16. The van der Waals surface area contributed by atoms with E-state index in [4.69, 9.17) is 11.0 Å². The van der Waals surface area contributed by atoms with Crippen LogP contribution in [0.5, 0.6) is 0 Å². The third kappa shape index (κ3) is 1.14. The van der Waals surface area contributed by atoms with Crippen LogP contribution in [0.1, 0.15) is 39.5 Å². The summed E-state index contributed by atoms with van der Waals surface area (Å²) in [5.74, 6) is 0.619. The van der Waals surface area contributed by atoms with Crippen LogP contribution in [0.3, 0.4) is 0 Å². The van der Waals surface area contributed by atoms with Crippen LogP contribution in [-0.2, 0) is 0 Å². The number of nitrogens with two attached hydrogens (primary N) is 1. The summed E-state index contributed by atoms with van der Waals surface area (Å²) in [7, 11) is 0. The van der Waals surface area contributed by atoms with Gasteiger partial charge in [0.05, 0.1) is 5.54 Å². The molecule has 2 saturated heterocycles. The zero-order valence-corrected chi connectivity index (χ0v) is 9.03. The highest BCUT2D eigenvalue weighted by Gasteiger charge is 2.56. The van der Waals surface area contributed by atoms with Crippen LogP contribution in [0.15, 0.2) is 0 Å². The maximum Gasteiger partial charge on any atom is 0.180 e. The number of fused-ring (bicyclic) bond motifs is 2. The Labute approximate surface area is 85.9 Å². The van der Waals surface area contributed by atoms with Gasteiger partial charge in [-0.1, -0.05) is 13.8 Å².